The van der Waals surface area contributed by atoms with Crippen molar-refractivity contribution in [1.29, 1.82) is 0 Å². The number of carbonyl (C=O) groups is 2. The average molecular weight is 574 g/mol. The van der Waals surface area contributed by atoms with Gasteiger partial charge in [0.05, 0.1) is 18.9 Å². The number of hydrogen-bond donors (Lipinski definition) is 2. The molecule has 9 nitrogen and oxygen atoms in total. The van der Waals surface area contributed by atoms with Crippen molar-refractivity contribution in [1.82, 2.24) is 15.1 Å². The third-order valence-electron chi connectivity index (χ3n) is 7.03. The van der Waals surface area contributed by atoms with E-state index in [9.17, 15) is 18.4 Å². The highest BCUT2D eigenvalue weighted by molar-refractivity contribution is 6.20. The summed E-state index contributed by atoms with van der Waals surface area (Å²) in [5, 5.41) is 9.92. The Morgan fingerprint density at radius 3 is 2.55 bits per heavy atom. The van der Waals surface area contributed by atoms with Crippen LogP contribution < -0.4 is 15.0 Å². The van der Waals surface area contributed by atoms with Gasteiger partial charge in [-0.2, -0.15) is 5.10 Å². The molecule has 1 aromatic heterocycles. The Morgan fingerprint density at radius 2 is 1.93 bits per heavy atom. The number of benzene rings is 2. The molecule has 212 valence electrons. The minimum absolute atomic E-state index is 0.0714. The number of nitrogens with one attached hydrogen (secondary N) is 2. The minimum atomic E-state index is -3.83. The SMILES string of the molecule is CC(C)N1c2c(cc(C(=O)Nc3ccc(OC(F)(F)Cl)cc3)cc2-c2ccn[nH]2)CC1CC(=O)N1CCOCC1. The molecule has 5 rings (SSSR count). The fourth-order valence-corrected chi connectivity index (χ4v) is 5.46. The molecule has 2 aromatic carbocycles. The van der Waals surface area contributed by atoms with E-state index in [0.29, 0.717) is 50.4 Å². The number of aromatic nitrogens is 2. The summed E-state index contributed by atoms with van der Waals surface area (Å²) in [6.07, 6.45) is 2.60. The number of alkyl halides is 3. The Hall–Kier alpha value is -3.70. The van der Waals surface area contributed by atoms with Gasteiger partial charge in [-0.15, -0.1) is 8.78 Å². The highest BCUT2D eigenvalue weighted by atomic mass is 35.5. The highest BCUT2D eigenvalue weighted by Gasteiger charge is 2.37. The van der Waals surface area contributed by atoms with Gasteiger partial charge in [0.1, 0.15) is 5.75 Å². The Balaban J connectivity index is 1.42. The first-order valence-electron chi connectivity index (χ1n) is 13.1. The van der Waals surface area contributed by atoms with Crippen molar-refractivity contribution in [3.05, 3.63) is 59.8 Å². The van der Waals surface area contributed by atoms with Crippen LogP contribution in [0.2, 0.25) is 0 Å². The van der Waals surface area contributed by atoms with E-state index in [1.54, 1.807) is 12.3 Å². The summed E-state index contributed by atoms with van der Waals surface area (Å²) in [7, 11) is 0. The summed E-state index contributed by atoms with van der Waals surface area (Å²) in [4.78, 5) is 30.6. The largest absolute Gasteiger partial charge is 0.487 e. The molecule has 2 amide bonds. The van der Waals surface area contributed by atoms with Crippen molar-refractivity contribution in [3.8, 4) is 17.0 Å². The zero-order chi connectivity index (χ0) is 28.4. The summed E-state index contributed by atoms with van der Waals surface area (Å²) >= 11 is 4.82. The van der Waals surface area contributed by atoms with Gasteiger partial charge in [0.2, 0.25) is 5.91 Å². The summed E-state index contributed by atoms with van der Waals surface area (Å²) < 4.78 is 35.5. The number of anilines is 2. The minimum Gasteiger partial charge on any atom is -0.420 e. The Labute approximate surface area is 235 Å². The third kappa shape index (κ3) is 6.20. The van der Waals surface area contributed by atoms with Gasteiger partial charge in [0, 0.05) is 71.9 Å². The quantitative estimate of drug-likeness (QED) is 0.373. The maximum absolute atomic E-state index is 13.3. The van der Waals surface area contributed by atoms with Crippen LogP contribution in [0.1, 0.15) is 36.2 Å². The van der Waals surface area contributed by atoms with Gasteiger partial charge in [-0.1, -0.05) is 0 Å². The summed E-state index contributed by atoms with van der Waals surface area (Å²) in [5.41, 5.74) is 0.477. The van der Waals surface area contributed by atoms with Crippen molar-refractivity contribution < 1.29 is 27.8 Å². The first-order chi connectivity index (χ1) is 19.1. The molecule has 1 unspecified atom stereocenters. The van der Waals surface area contributed by atoms with Gasteiger partial charge < -0.3 is 24.6 Å². The summed E-state index contributed by atoms with van der Waals surface area (Å²) in [6, 6.07) is 11.0. The molecule has 1 atom stereocenters. The molecule has 0 saturated carbocycles. The maximum Gasteiger partial charge on any atom is 0.487 e. The molecule has 2 aliphatic rings. The maximum atomic E-state index is 13.3. The molecule has 0 bridgehead atoms. The van der Waals surface area contributed by atoms with Crippen LogP contribution in [0.25, 0.3) is 11.3 Å². The second kappa shape index (κ2) is 11.4. The molecule has 3 heterocycles. The van der Waals surface area contributed by atoms with Gasteiger partial charge in [-0.05, 0) is 68.3 Å². The van der Waals surface area contributed by atoms with Crippen molar-refractivity contribution in [2.45, 2.75) is 44.3 Å². The van der Waals surface area contributed by atoms with Gasteiger partial charge in [-0.25, -0.2) is 0 Å². The van der Waals surface area contributed by atoms with E-state index in [2.05, 4.69) is 39.0 Å². The van der Waals surface area contributed by atoms with Gasteiger partial charge in [0.25, 0.3) is 5.91 Å². The molecule has 0 spiro atoms. The van der Waals surface area contributed by atoms with Crippen molar-refractivity contribution in [2.75, 3.05) is 36.5 Å². The number of rotatable bonds is 8. The van der Waals surface area contributed by atoms with Gasteiger partial charge in [-0.3, -0.25) is 14.7 Å². The third-order valence-corrected chi connectivity index (χ3v) is 7.10. The fraction of sp³-hybridized carbons (Fsp3) is 0.393. The van der Waals surface area contributed by atoms with Crippen molar-refractivity contribution >= 4 is 34.8 Å². The molecule has 40 heavy (non-hydrogen) atoms. The molecule has 1 saturated heterocycles. The normalized spacial score (nSPS) is 17.2. The number of carbonyl (C=O) groups excluding carboxylic acids is 2. The number of H-pyrrole nitrogens is 1. The van der Waals surface area contributed by atoms with Crippen LogP contribution in [0.3, 0.4) is 0 Å². The number of fused-ring (bicyclic) bond motifs is 1. The molecule has 0 aliphatic carbocycles. The number of hydrogen-bond acceptors (Lipinski definition) is 6. The van der Waals surface area contributed by atoms with E-state index in [1.165, 1.54) is 24.3 Å². The average Bonchev–Trinajstić information content (AvgIpc) is 3.57. The molecule has 2 N–H and O–H groups in total. The van der Waals surface area contributed by atoms with Crippen LogP contribution in [0.15, 0.2) is 48.7 Å². The Bertz CT molecular complexity index is 1360. The lowest BCUT2D eigenvalue weighted by Crippen LogP contribution is -2.45. The zero-order valence-corrected chi connectivity index (χ0v) is 22.9. The van der Waals surface area contributed by atoms with Gasteiger partial charge in [0.15, 0.2) is 0 Å². The molecule has 2 aliphatic heterocycles. The molecular weight excluding hydrogens is 544 g/mol. The Kier molecular flexibility index (Phi) is 7.95. The lowest BCUT2D eigenvalue weighted by molar-refractivity contribution is -0.135. The number of halogens is 3. The van der Waals surface area contributed by atoms with E-state index in [1.807, 2.05) is 17.0 Å². The van der Waals surface area contributed by atoms with Crippen molar-refractivity contribution in [3.63, 3.8) is 0 Å². The lowest BCUT2D eigenvalue weighted by atomic mass is 9.99. The Morgan fingerprint density at radius 1 is 1.20 bits per heavy atom. The zero-order valence-electron chi connectivity index (χ0n) is 22.1. The number of amides is 2. The standard InChI is InChI=1S/C28H30ClF2N5O4/c1-17(2)36-21(16-25(37)35-9-11-39-12-10-35)14-18-13-19(15-23(26(18)36)24-7-8-32-34-24)27(38)33-20-3-5-22(6-4-20)40-28(29,30)31/h3-8,13,15,17,21H,9-12,14,16H2,1-2H3,(H,32,34)(H,33,38). The smallest absolute Gasteiger partial charge is 0.420 e. The lowest BCUT2D eigenvalue weighted by Gasteiger charge is -2.34. The topological polar surface area (TPSA) is 99.8 Å². The van der Waals surface area contributed by atoms with Crippen LogP contribution in [-0.2, 0) is 16.0 Å². The first kappa shape index (κ1) is 27.9. The number of morpholine rings is 1. The van der Waals surface area contributed by atoms with E-state index < -0.39 is 5.57 Å². The molecular formula is C28H30ClF2N5O4. The van der Waals surface area contributed by atoms with Crippen LogP contribution in [0.5, 0.6) is 5.75 Å². The van der Waals surface area contributed by atoms with E-state index in [4.69, 9.17) is 16.3 Å². The van der Waals surface area contributed by atoms with E-state index >= 15 is 0 Å². The number of ether oxygens (including phenoxy) is 2. The number of nitrogens with zero attached hydrogens (tertiary/aromatic N) is 3. The van der Waals surface area contributed by atoms with Crippen LogP contribution in [0, 0.1) is 0 Å². The van der Waals surface area contributed by atoms with E-state index in [0.717, 1.165) is 22.5 Å². The predicted octanol–water partition coefficient (Wildman–Crippen LogP) is 4.89. The first-order valence-corrected chi connectivity index (χ1v) is 13.4. The summed E-state index contributed by atoms with van der Waals surface area (Å²) in [5.74, 6) is -0.417. The molecule has 0 radical (unpaired) electrons. The summed E-state index contributed by atoms with van der Waals surface area (Å²) in [6.45, 7) is 6.44. The molecule has 12 heteroatoms. The molecule has 1 fully saturated rings. The number of aromatic amines is 1. The van der Waals surface area contributed by atoms with Crippen LogP contribution in [-0.4, -0.2) is 70.9 Å². The van der Waals surface area contributed by atoms with Gasteiger partial charge >= 0.3 is 5.57 Å². The fourth-order valence-electron chi connectivity index (χ4n) is 5.37. The second-order valence-corrected chi connectivity index (χ2v) is 10.5. The van der Waals surface area contributed by atoms with Crippen LogP contribution in [0.4, 0.5) is 20.2 Å². The van der Waals surface area contributed by atoms with Crippen molar-refractivity contribution in [2.24, 2.45) is 0 Å². The molecule has 3 aromatic rings. The monoisotopic (exact) mass is 573 g/mol. The second-order valence-electron chi connectivity index (χ2n) is 10.1. The van der Waals surface area contributed by atoms with E-state index in [-0.39, 0.29) is 29.6 Å². The van der Waals surface area contributed by atoms with Crippen LogP contribution >= 0.6 is 11.6 Å². The highest BCUT2D eigenvalue weighted by Crippen LogP contribution is 2.43. The predicted molar refractivity (Wildman–Crippen MR) is 147 cm³/mol.